The van der Waals surface area contributed by atoms with E-state index >= 15 is 0 Å². The Morgan fingerprint density at radius 2 is 1.40 bits per heavy atom. The largest absolute Gasteiger partial charge is 0.389 e. The molecule has 1 saturated heterocycles. The average Bonchev–Trinajstić information content (AvgIpc) is 2.35. The molecule has 1 aliphatic carbocycles. The van der Waals surface area contributed by atoms with Crippen molar-refractivity contribution >= 4 is 0 Å². The molecule has 0 aromatic rings. The fraction of sp³-hybridized carbons (Fsp3) is 1.00. The summed E-state index contributed by atoms with van der Waals surface area (Å²) in [5, 5.41) is 29.1. The van der Waals surface area contributed by atoms with Crippen LogP contribution in [0.1, 0.15) is 46.5 Å². The minimum absolute atomic E-state index is 0.409. The number of hydrogen-bond acceptors (Lipinski definition) is 4. The summed E-state index contributed by atoms with van der Waals surface area (Å²) in [6.45, 7) is 8.90. The first-order valence-electron chi connectivity index (χ1n) is 8.04. The number of aliphatic hydroxyl groups is 3. The Morgan fingerprint density at radius 3 is 1.85 bits per heavy atom. The molecule has 0 radical (unpaired) electrons. The van der Waals surface area contributed by atoms with Crippen LogP contribution in [0.2, 0.25) is 0 Å². The van der Waals surface area contributed by atoms with Crippen LogP contribution in [0.4, 0.5) is 0 Å². The van der Waals surface area contributed by atoms with Gasteiger partial charge < -0.3 is 15.3 Å². The van der Waals surface area contributed by atoms with Crippen LogP contribution in [0.5, 0.6) is 0 Å². The third-order valence-electron chi connectivity index (χ3n) is 5.27. The molecular weight excluding hydrogens is 254 g/mol. The van der Waals surface area contributed by atoms with Crippen molar-refractivity contribution in [1.82, 2.24) is 4.90 Å². The van der Waals surface area contributed by atoms with E-state index in [4.69, 9.17) is 0 Å². The summed E-state index contributed by atoms with van der Waals surface area (Å²) < 4.78 is 0. The zero-order valence-corrected chi connectivity index (χ0v) is 13.1. The van der Waals surface area contributed by atoms with Crippen molar-refractivity contribution in [3.8, 4) is 0 Å². The molecule has 0 spiro atoms. The van der Waals surface area contributed by atoms with Crippen LogP contribution >= 0.6 is 0 Å². The van der Waals surface area contributed by atoms with Crippen molar-refractivity contribution in [2.45, 2.75) is 64.8 Å². The number of likely N-dealkylation sites (tertiary alicyclic amines) is 1. The van der Waals surface area contributed by atoms with Gasteiger partial charge in [-0.2, -0.15) is 0 Å². The third kappa shape index (κ3) is 3.94. The Morgan fingerprint density at radius 1 is 0.900 bits per heavy atom. The van der Waals surface area contributed by atoms with Gasteiger partial charge in [-0.05, 0) is 42.9 Å². The number of rotatable bonds is 2. The SMILES string of the molecule is CC(C)(C)C1CCC(CN2C[C@@H](O)C(O)[C@@H](O)C2)CC1. The van der Waals surface area contributed by atoms with Gasteiger partial charge in [0.2, 0.25) is 0 Å². The van der Waals surface area contributed by atoms with Crippen molar-refractivity contribution < 1.29 is 15.3 Å². The molecular formula is C16H31NO3. The van der Waals surface area contributed by atoms with Crippen LogP contribution in [0.3, 0.4) is 0 Å². The smallest absolute Gasteiger partial charge is 0.108 e. The molecule has 2 fully saturated rings. The molecule has 3 N–H and O–H groups in total. The van der Waals surface area contributed by atoms with Crippen LogP contribution in [-0.2, 0) is 0 Å². The van der Waals surface area contributed by atoms with Gasteiger partial charge in [-0.3, -0.25) is 4.90 Å². The molecule has 2 rings (SSSR count). The van der Waals surface area contributed by atoms with Crippen LogP contribution in [0.25, 0.3) is 0 Å². The third-order valence-corrected chi connectivity index (χ3v) is 5.27. The minimum Gasteiger partial charge on any atom is -0.389 e. The Balaban J connectivity index is 1.78. The van der Waals surface area contributed by atoms with Gasteiger partial charge in [0.15, 0.2) is 0 Å². The Bertz CT molecular complexity index is 295. The summed E-state index contributed by atoms with van der Waals surface area (Å²) in [6.07, 6.45) is 2.45. The maximum Gasteiger partial charge on any atom is 0.108 e. The molecule has 4 heteroatoms. The summed E-state index contributed by atoms with van der Waals surface area (Å²) in [7, 11) is 0. The number of nitrogens with zero attached hydrogens (tertiary/aromatic N) is 1. The van der Waals surface area contributed by atoms with E-state index in [-0.39, 0.29) is 0 Å². The van der Waals surface area contributed by atoms with Crippen LogP contribution in [0, 0.1) is 17.3 Å². The van der Waals surface area contributed by atoms with Gasteiger partial charge >= 0.3 is 0 Å². The fourth-order valence-corrected chi connectivity index (χ4v) is 3.80. The molecule has 1 unspecified atom stereocenters. The molecule has 1 aliphatic heterocycles. The van der Waals surface area contributed by atoms with Crippen molar-refractivity contribution in [3.05, 3.63) is 0 Å². The highest BCUT2D eigenvalue weighted by molar-refractivity contribution is 4.88. The van der Waals surface area contributed by atoms with E-state index in [2.05, 4.69) is 25.7 Å². The van der Waals surface area contributed by atoms with E-state index in [1.807, 2.05) is 0 Å². The standard InChI is InChI=1S/C16H31NO3/c1-16(2,3)12-6-4-11(5-7-12)8-17-9-13(18)15(20)14(19)10-17/h11-15,18-20H,4-10H2,1-3H3/t11?,12?,13-,14+,15?. The van der Waals surface area contributed by atoms with E-state index in [1.54, 1.807) is 0 Å². The quantitative estimate of drug-likeness (QED) is 0.714. The normalized spacial score (nSPS) is 40.8. The van der Waals surface area contributed by atoms with Crippen molar-refractivity contribution in [1.29, 1.82) is 0 Å². The van der Waals surface area contributed by atoms with E-state index in [0.717, 1.165) is 12.5 Å². The lowest BCUT2D eigenvalue weighted by atomic mass is 9.70. The summed E-state index contributed by atoms with van der Waals surface area (Å²) in [5.41, 5.74) is 0.409. The molecule has 0 aromatic carbocycles. The van der Waals surface area contributed by atoms with E-state index in [9.17, 15) is 15.3 Å². The Hall–Kier alpha value is -0.160. The molecule has 2 aliphatic rings. The summed E-state index contributed by atoms with van der Waals surface area (Å²) in [5.74, 6) is 1.49. The van der Waals surface area contributed by atoms with Crippen LogP contribution in [-0.4, -0.2) is 58.2 Å². The maximum atomic E-state index is 9.75. The molecule has 20 heavy (non-hydrogen) atoms. The highest BCUT2D eigenvalue weighted by Crippen LogP contribution is 2.40. The molecule has 0 aromatic heterocycles. The first-order chi connectivity index (χ1) is 9.27. The lowest BCUT2D eigenvalue weighted by Crippen LogP contribution is -2.56. The van der Waals surface area contributed by atoms with Gasteiger partial charge in [-0.25, -0.2) is 0 Å². The van der Waals surface area contributed by atoms with Crippen LogP contribution < -0.4 is 0 Å². The minimum atomic E-state index is -0.983. The second kappa shape index (κ2) is 6.30. The van der Waals surface area contributed by atoms with Gasteiger partial charge in [-0.15, -0.1) is 0 Å². The van der Waals surface area contributed by atoms with Gasteiger partial charge in [0, 0.05) is 19.6 Å². The van der Waals surface area contributed by atoms with Gasteiger partial charge in [0.1, 0.15) is 6.10 Å². The van der Waals surface area contributed by atoms with E-state index in [1.165, 1.54) is 25.7 Å². The predicted molar refractivity (Wildman–Crippen MR) is 79.4 cm³/mol. The summed E-state index contributed by atoms with van der Waals surface area (Å²) in [4.78, 5) is 2.12. The Kier molecular flexibility index (Phi) is 5.11. The first kappa shape index (κ1) is 16.2. The van der Waals surface area contributed by atoms with E-state index < -0.39 is 18.3 Å². The molecule has 0 amide bonds. The second-order valence-electron chi connectivity index (χ2n) is 7.93. The highest BCUT2D eigenvalue weighted by Gasteiger charge is 2.35. The predicted octanol–water partition coefficient (Wildman–Crippen LogP) is 1.24. The molecule has 0 bridgehead atoms. The van der Waals surface area contributed by atoms with Gasteiger partial charge in [-0.1, -0.05) is 20.8 Å². The first-order valence-corrected chi connectivity index (χ1v) is 8.04. The number of aliphatic hydroxyl groups excluding tert-OH is 3. The zero-order chi connectivity index (χ0) is 14.9. The molecule has 1 saturated carbocycles. The summed E-state index contributed by atoms with van der Waals surface area (Å²) in [6, 6.07) is 0. The topological polar surface area (TPSA) is 63.9 Å². The molecule has 4 nitrogen and oxygen atoms in total. The fourth-order valence-electron chi connectivity index (χ4n) is 3.80. The molecule has 118 valence electrons. The second-order valence-corrected chi connectivity index (χ2v) is 7.93. The van der Waals surface area contributed by atoms with E-state index in [0.29, 0.717) is 24.4 Å². The maximum absolute atomic E-state index is 9.75. The zero-order valence-electron chi connectivity index (χ0n) is 13.1. The van der Waals surface area contributed by atoms with Crippen LogP contribution in [0.15, 0.2) is 0 Å². The average molecular weight is 285 g/mol. The number of piperidine rings is 1. The monoisotopic (exact) mass is 285 g/mol. The van der Waals surface area contributed by atoms with Crippen molar-refractivity contribution in [2.75, 3.05) is 19.6 Å². The molecule has 3 atom stereocenters. The van der Waals surface area contributed by atoms with Gasteiger partial charge in [0.05, 0.1) is 12.2 Å². The Labute approximate surface area is 122 Å². The summed E-state index contributed by atoms with van der Waals surface area (Å²) >= 11 is 0. The number of hydrogen-bond donors (Lipinski definition) is 3. The lowest BCUT2D eigenvalue weighted by Gasteiger charge is -2.41. The van der Waals surface area contributed by atoms with Gasteiger partial charge in [0.25, 0.3) is 0 Å². The van der Waals surface area contributed by atoms with Crippen molar-refractivity contribution in [3.63, 3.8) is 0 Å². The van der Waals surface area contributed by atoms with Crippen molar-refractivity contribution in [2.24, 2.45) is 17.3 Å². The highest BCUT2D eigenvalue weighted by atomic mass is 16.4. The lowest BCUT2D eigenvalue weighted by molar-refractivity contribution is -0.112. The molecule has 1 heterocycles. The number of β-amino-alcohol motifs (C(OH)–C–C–N with tert-alkyl or cyclic N) is 2.